The van der Waals surface area contributed by atoms with Gasteiger partial charge in [-0.05, 0) is 18.6 Å². The van der Waals surface area contributed by atoms with Gasteiger partial charge in [0.05, 0.1) is 0 Å². The van der Waals surface area contributed by atoms with Gasteiger partial charge in [-0.1, -0.05) is 44.4 Å². The minimum atomic E-state index is -0.0764. The first kappa shape index (κ1) is 20.7. The molecular formula is C16H27IN4O. The Hall–Kier alpha value is -1.31. The van der Waals surface area contributed by atoms with Crippen LogP contribution < -0.4 is 16.4 Å². The highest BCUT2D eigenvalue weighted by molar-refractivity contribution is 14.0. The lowest BCUT2D eigenvalue weighted by molar-refractivity contribution is 0.0954. The van der Waals surface area contributed by atoms with E-state index in [0.29, 0.717) is 24.6 Å². The van der Waals surface area contributed by atoms with Gasteiger partial charge in [0.2, 0.25) is 0 Å². The molecule has 0 radical (unpaired) electrons. The molecule has 0 saturated heterocycles. The summed E-state index contributed by atoms with van der Waals surface area (Å²) in [5, 5.41) is 5.82. The van der Waals surface area contributed by atoms with Crippen LogP contribution in [-0.4, -0.2) is 31.5 Å². The van der Waals surface area contributed by atoms with Crippen molar-refractivity contribution in [3.8, 4) is 0 Å². The van der Waals surface area contributed by atoms with Crippen molar-refractivity contribution in [1.82, 2.24) is 10.6 Å². The van der Waals surface area contributed by atoms with Crippen LogP contribution in [-0.2, 0) is 0 Å². The van der Waals surface area contributed by atoms with Gasteiger partial charge in [0, 0.05) is 25.2 Å². The number of nitrogens with two attached hydrogens (primary N) is 1. The van der Waals surface area contributed by atoms with Crippen LogP contribution in [0.25, 0.3) is 0 Å². The molecule has 0 atom stereocenters. The van der Waals surface area contributed by atoms with E-state index in [1.54, 1.807) is 12.1 Å². The van der Waals surface area contributed by atoms with Gasteiger partial charge >= 0.3 is 0 Å². The molecule has 0 unspecified atom stereocenters. The van der Waals surface area contributed by atoms with E-state index in [1.807, 2.05) is 18.2 Å². The van der Waals surface area contributed by atoms with Crippen molar-refractivity contribution >= 4 is 35.8 Å². The predicted molar refractivity (Wildman–Crippen MR) is 103 cm³/mol. The van der Waals surface area contributed by atoms with E-state index in [4.69, 9.17) is 5.73 Å². The molecule has 0 heterocycles. The number of hydrogen-bond donors (Lipinski definition) is 3. The number of hydrogen-bond acceptors (Lipinski definition) is 2. The molecule has 1 amide bonds. The van der Waals surface area contributed by atoms with Gasteiger partial charge in [-0.3, -0.25) is 9.79 Å². The highest BCUT2D eigenvalue weighted by atomic mass is 127. The first-order valence-electron chi connectivity index (χ1n) is 7.61. The molecule has 4 N–H and O–H groups in total. The van der Waals surface area contributed by atoms with Crippen molar-refractivity contribution < 1.29 is 4.79 Å². The fraction of sp³-hybridized carbons (Fsp3) is 0.500. The molecule has 0 aromatic heterocycles. The first-order chi connectivity index (χ1) is 10.2. The number of aliphatic imine (C=N–C) groups is 1. The summed E-state index contributed by atoms with van der Waals surface area (Å²) in [6, 6.07) is 9.15. The number of rotatable bonds is 9. The van der Waals surface area contributed by atoms with Gasteiger partial charge in [-0.15, -0.1) is 24.0 Å². The Morgan fingerprint density at radius 3 is 2.45 bits per heavy atom. The standard InChI is InChI=1S/C16H26N4O.HI/c1-2-3-4-8-11-19-16(17)20-13-12-18-15(21)14-9-6-5-7-10-14;/h5-7,9-10H,2-4,8,11-13H2,1H3,(H,18,21)(H3,17,19,20);1H. The van der Waals surface area contributed by atoms with Crippen molar-refractivity contribution in [2.75, 3.05) is 19.6 Å². The maximum absolute atomic E-state index is 11.8. The molecule has 0 aliphatic rings. The number of carbonyl (C=O) groups excluding carboxylic acids is 1. The van der Waals surface area contributed by atoms with Crippen LogP contribution in [0, 0.1) is 0 Å². The van der Waals surface area contributed by atoms with E-state index >= 15 is 0 Å². The topological polar surface area (TPSA) is 79.5 Å². The molecule has 0 fully saturated rings. The third-order valence-corrected chi connectivity index (χ3v) is 3.05. The molecule has 1 aromatic carbocycles. The molecule has 0 spiro atoms. The van der Waals surface area contributed by atoms with Gasteiger partial charge < -0.3 is 16.4 Å². The smallest absolute Gasteiger partial charge is 0.251 e. The molecular weight excluding hydrogens is 391 g/mol. The average Bonchev–Trinajstić information content (AvgIpc) is 2.52. The van der Waals surface area contributed by atoms with E-state index in [-0.39, 0.29) is 29.9 Å². The molecule has 124 valence electrons. The summed E-state index contributed by atoms with van der Waals surface area (Å²) >= 11 is 0. The zero-order valence-corrected chi connectivity index (χ0v) is 15.5. The summed E-state index contributed by atoms with van der Waals surface area (Å²) in [5.41, 5.74) is 6.40. The summed E-state index contributed by atoms with van der Waals surface area (Å²) in [7, 11) is 0. The van der Waals surface area contributed by atoms with Crippen molar-refractivity contribution in [1.29, 1.82) is 0 Å². The van der Waals surface area contributed by atoms with E-state index in [1.165, 1.54) is 19.3 Å². The minimum Gasteiger partial charge on any atom is -0.370 e. The Morgan fingerprint density at radius 1 is 1.09 bits per heavy atom. The normalized spacial score (nSPS) is 10.7. The second-order valence-corrected chi connectivity index (χ2v) is 4.88. The number of nitrogens with one attached hydrogen (secondary N) is 2. The third-order valence-electron chi connectivity index (χ3n) is 3.05. The number of carbonyl (C=O) groups is 1. The Morgan fingerprint density at radius 2 is 1.77 bits per heavy atom. The molecule has 0 aliphatic carbocycles. The number of unbranched alkanes of at least 4 members (excludes halogenated alkanes) is 3. The van der Waals surface area contributed by atoms with Crippen LogP contribution in [0.1, 0.15) is 43.0 Å². The SMILES string of the molecule is CCCCCCN=C(N)NCCNC(=O)c1ccccc1.I. The maximum Gasteiger partial charge on any atom is 0.251 e. The molecule has 0 bridgehead atoms. The Bertz CT molecular complexity index is 437. The summed E-state index contributed by atoms with van der Waals surface area (Å²) in [6.45, 7) is 4.03. The number of halogens is 1. The van der Waals surface area contributed by atoms with Crippen LogP contribution in [0.2, 0.25) is 0 Å². The van der Waals surface area contributed by atoms with Gasteiger partial charge in [0.1, 0.15) is 0 Å². The van der Waals surface area contributed by atoms with E-state index in [9.17, 15) is 4.79 Å². The zero-order chi connectivity index (χ0) is 15.3. The highest BCUT2D eigenvalue weighted by Crippen LogP contribution is 1.98. The molecule has 5 nitrogen and oxygen atoms in total. The summed E-state index contributed by atoms with van der Waals surface area (Å²) in [5.74, 6) is 0.368. The molecule has 1 aromatic rings. The quantitative estimate of drug-likeness (QED) is 0.250. The van der Waals surface area contributed by atoms with Crippen molar-refractivity contribution in [2.45, 2.75) is 32.6 Å². The summed E-state index contributed by atoms with van der Waals surface area (Å²) in [6.07, 6.45) is 4.73. The third kappa shape index (κ3) is 9.59. The number of benzene rings is 1. The minimum absolute atomic E-state index is 0. The molecule has 1 rings (SSSR count). The maximum atomic E-state index is 11.8. The molecule has 6 heteroatoms. The van der Waals surface area contributed by atoms with Gasteiger partial charge in [0.25, 0.3) is 5.91 Å². The predicted octanol–water partition coefficient (Wildman–Crippen LogP) is 2.52. The molecule has 0 aliphatic heterocycles. The fourth-order valence-corrected chi connectivity index (χ4v) is 1.85. The second-order valence-electron chi connectivity index (χ2n) is 4.88. The van der Waals surface area contributed by atoms with E-state index in [0.717, 1.165) is 13.0 Å². The van der Waals surface area contributed by atoms with Crippen molar-refractivity contribution in [3.63, 3.8) is 0 Å². The molecule has 0 saturated carbocycles. The second kappa shape index (κ2) is 13.4. The van der Waals surface area contributed by atoms with Crippen molar-refractivity contribution in [3.05, 3.63) is 35.9 Å². The van der Waals surface area contributed by atoms with E-state index in [2.05, 4.69) is 22.5 Å². The van der Waals surface area contributed by atoms with Gasteiger partial charge in [-0.2, -0.15) is 0 Å². The van der Waals surface area contributed by atoms with Gasteiger partial charge in [0.15, 0.2) is 5.96 Å². The largest absolute Gasteiger partial charge is 0.370 e. The van der Waals surface area contributed by atoms with Crippen LogP contribution in [0.3, 0.4) is 0 Å². The van der Waals surface area contributed by atoms with Crippen LogP contribution in [0.4, 0.5) is 0 Å². The zero-order valence-electron chi connectivity index (χ0n) is 13.2. The monoisotopic (exact) mass is 418 g/mol. The average molecular weight is 418 g/mol. The lowest BCUT2D eigenvalue weighted by Gasteiger charge is -2.07. The Balaban J connectivity index is 0.00000441. The molecule has 22 heavy (non-hydrogen) atoms. The highest BCUT2D eigenvalue weighted by Gasteiger charge is 2.02. The Labute approximate surface area is 150 Å². The fourth-order valence-electron chi connectivity index (χ4n) is 1.85. The number of nitrogens with zero attached hydrogens (tertiary/aromatic N) is 1. The van der Waals surface area contributed by atoms with Crippen LogP contribution in [0.15, 0.2) is 35.3 Å². The van der Waals surface area contributed by atoms with Crippen LogP contribution in [0.5, 0.6) is 0 Å². The lowest BCUT2D eigenvalue weighted by atomic mass is 10.2. The van der Waals surface area contributed by atoms with E-state index < -0.39 is 0 Å². The van der Waals surface area contributed by atoms with Gasteiger partial charge in [-0.25, -0.2) is 0 Å². The van der Waals surface area contributed by atoms with Crippen LogP contribution >= 0.6 is 24.0 Å². The first-order valence-corrected chi connectivity index (χ1v) is 7.61. The number of guanidine groups is 1. The Kier molecular flexibility index (Phi) is 12.6. The summed E-state index contributed by atoms with van der Waals surface area (Å²) < 4.78 is 0. The lowest BCUT2D eigenvalue weighted by Crippen LogP contribution is -2.38. The van der Waals surface area contributed by atoms with Crippen molar-refractivity contribution in [2.24, 2.45) is 10.7 Å². The number of amides is 1. The summed E-state index contributed by atoms with van der Waals surface area (Å²) in [4.78, 5) is 16.0.